The maximum atomic E-state index is 10.8. The molecule has 0 amide bonds. The average Bonchev–Trinajstić information content (AvgIpc) is 2.37. The molecule has 0 atom stereocenters. The van der Waals surface area contributed by atoms with Crippen molar-refractivity contribution in [2.45, 2.75) is 19.0 Å². The molecule has 18 heavy (non-hydrogen) atoms. The Hall–Kier alpha value is -1.02. The van der Waals surface area contributed by atoms with Gasteiger partial charge < -0.3 is 15.5 Å². The maximum absolute atomic E-state index is 10.8. The Kier molecular flexibility index (Phi) is 5.21. The van der Waals surface area contributed by atoms with Crippen LogP contribution >= 0.6 is 15.9 Å². The highest BCUT2D eigenvalue weighted by atomic mass is 79.9. The molecule has 0 aliphatic heterocycles. The average molecular weight is 319 g/mol. The van der Waals surface area contributed by atoms with Crippen LogP contribution in [0.25, 0.3) is 0 Å². The van der Waals surface area contributed by atoms with Gasteiger partial charge in [0.1, 0.15) is 0 Å². The first kappa shape index (κ1) is 15.0. The standard InChI is InChI=1S/C11H15BrN2O4/c1-11(6-15,7-16)13-5-8-2-3-9(12)10(4-8)14(17)18/h2-4,13,15-16H,5-7H2,1H3. The molecule has 1 rings (SSSR count). The summed E-state index contributed by atoms with van der Waals surface area (Å²) in [5.41, 5.74) is -0.107. The number of aliphatic hydroxyl groups excluding tert-OH is 2. The summed E-state index contributed by atoms with van der Waals surface area (Å²) < 4.78 is 0.420. The molecule has 0 bridgehead atoms. The third kappa shape index (κ3) is 3.74. The van der Waals surface area contributed by atoms with Crippen LogP contribution in [0.1, 0.15) is 12.5 Å². The fourth-order valence-electron chi connectivity index (χ4n) is 1.29. The van der Waals surface area contributed by atoms with Crippen molar-refractivity contribution in [2.24, 2.45) is 0 Å². The quantitative estimate of drug-likeness (QED) is 0.541. The zero-order valence-corrected chi connectivity index (χ0v) is 11.5. The van der Waals surface area contributed by atoms with Gasteiger partial charge in [0.2, 0.25) is 0 Å². The number of halogens is 1. The zero-order chi connectivity index (χ0) is 13.8. The van der Waals surface area contributed by atoms with Crippen LogP contribution in [0.5, 0.6) is 0 Å². The van der Waals surface area contributed by atoms with Crippen molar-refractivity contribution in [1.29, 1.82) is 0 Å². The van der Waals surface area contributed by atoms with Gasteiger partial charge in [-0.2, -0.15) is 0 Å². The van der Waals surface area contributed by atoms with E-state index in [1.165, 1.54) is 6.07 Å². The lowest BCUT2D eigenvalue weighted by Gasteiger charge is -2.26. The first-order valence-electron chi connectivity index (χ1n) is 5.31. The summed E-state index contributed by atoms with van der Waals surface area (Å²) >= 11 is 3.11. The first-order chi connectivity index (χ1) is 8.41. The van der Waals surface area contributed by atoms with Crippen molar-refractivity contribution < 1.29 is 15.1 Å². The summed E-state index contributed by atoms with van der Waals surface area (Å²) in [6, 6.07) is 4.79. The number of rotatable bonds is 6. The van der Waals surface area contributed by atoms with Crippen molar-refractivity contribution in [2.75, 3.05) is 13.2 Å². The third-order valence-electron chi connectivity index (χ3n) is 2.62. The lowest BCUT2D eigenvalue weighted by molar-refractivity contribution is -0.385. The minimum Gasteiger partial charge on any atom is -0.394 e. The Morgan fingerprint density at radius 1 is 1.44 bits per heavy atom. The monoisotopic (exact) mass is 318 g/mol. The van der Waals surface area contributed by atoms with Gasteiger partial charge >= 0.3 is 0 Å². The van der Waals surface area contributed by atoms with Crippen LogP contribution in [-0.2, 0) is 6.54 Å². The molecule has 0 heterocycles. The molecule has 7 heteroatoms. The fourth-order valence-corrected chi connectivity index (χ4v) is 1.68. The van der Waals surface area contributed by atoms with E-state index in [-0.39, 0.29) is 18.9 Å². The van der Waals surface area contributed by atoms with E-state index in [1.807, 2.05) is 0 Å². The fraction of sp³-hybridized carbons (Fsp3) is 0.455. The largest absolute Gasteiger partial charge is 0.394 e. The second kappa shape index (κ2) is 6.24. The molecular formula is C11H15BrN2O4. The molecule has 0 saturated carbocycles. The Morgan fingerprint density at radius 3 is 2.56 bits per heavy atom. The van der Waals surface area contributed by atoms with Crippen LogP contribution in [0.4, 0.5) is 5.69 Å². The maximum Gasteiger partial charge on any atom is 0.283 e. The highest BCUT2D eigenvalue weighted by molar-refractivity contribution is 9.10. The van der Waals surface area contributed by atoms with E-state index < -0.39 is 10.5 Å². The van der Waals surface area contributed by atoms with Gasteiger partial charge in [0.25, 0.3) is 5.69 Å². The number of nitro benzene ring substituents is 1. The number of hydrogen-bond acceptors (Lipinski definition) is 5. The minimum absolute atomic E-state index is 0.0102. The SMILES string of the molecule is CC(CO)(CO)NCc1ccc(Br)c([N+](=O)[O-])c1. The minimum atomic E-state index is -0.804. The molecule has 0 saturated heterocycles. The smallest absolute Gasteiger partial charge is 0.283 e. The molecule has 0 aromatic heterocycles. The summed E-state index contributed by atoms with van der Waals surface area (Å²) in [5.74, 6) is 0. The van der Waals surface area contributed by atoms with Crippen LogP contribution < -0.4 is 5.32 Å². The second-order valence-electron chi connectivity index (χ2n) is 4.27. The molecule has 0 spiro atoms. The Bertz CT molecular complexity index is 435. The topological polar surface area (TPSA) is 95.6 Å². The lowest BCUT2D eigenvalue weighted by atomic mass is 10.0. The van der Waals surface area contributed by atoms with Gasteiger partial charge in [-0.25, -0.2) is 0 Å². The molecule has 0 fully saturated rings. The van der Waals surface area contributed by atoms with Crippen molar-refractivity contribution in [3.05, 3.63) is 38.3 Å². The molecular weight excluding hydrogens is 304 g/mol. The Morgan fingerprint density at radius 2 is 2.06 bits per heavy atom. The van der Waals surface area contributed by atoms with Crippen LogP contribution in [0.2, 0.25) is 0 Å². The van der Waals surface area contributed by atoms with E-state index in [0.717, 1.165) is 0 Å². The first-order valence-corrected chi connectivity index (χ1v) is 6.11. The van der Waals surface area contributed by atoms with Gasteiger partial charge in [0.05, 0.1) is 28.1 Å². The molecule has 1 aromatic rings. The zero-order valence-electron chi connectivity index (χ0n) is 9.89. The summed E-state index contributed by atoms with van der Waals surface area (Å²) in [6.45, 7) is 1.55. The van der Waals surface area contributed by atoms with Crippen LogP contribution in [0.3, 0.4) is 0 Å². The van der Waals surface area contributed by atoms with Crippen LogP contribution in [0, 0.1) is 10.1 Å². The normalized spacial score (nSPS) is 11.6. The van der Waals surface area contributed by atoms with Gasteiger partial charge in [-0.15, -0.1) is 0 Å². The molecule has 0 unspecified atom stereocenters. The van der Waals surface area contributed by atoms with Crippen molar-refractivity contribution in [1.82, 2.24) is 5.32 Å². The summed E-state index contributed by atoms with van der Waals surface area (Å²) in [6.07, 6.45) is 0. The van der Waals surface area contributed by atoms with Gasteiger partial charge in [-0.05, 0) is 34.5 Å². The Balaban J connectivity index is 2.80. The molecule has 0 aliphatic rings. The van der Waals surface area contributed by atoms with E-state index in [9.17, 15) is 10.1 Å². The number of aliphatic hydroxyl groups is 2. The van der Waals surface area contributed by atoms with E-state index in [1.54, 1.807) is 19.1 Å². The summed E-state index contributed by atoms with van der Waals surface area (Å²) in [5, 5.41) is 31.9. The van der Waals surface area contributed by atoms with Crippen molar-refractivity contribution in [3.63, 3.8) is 0 Å². The summed E-state index contributed by atoms with van der Waals surface area (Å²) in [7, 11) is 0. The highest BCUT2D eigenvalue weighted by Crippen LogP contribution is 2.25. The number of benzene rings is 1. The number of nitrogens with one attached hydrogen (secondary N) is 1. The molecule has 1 aromatic carbocycles. The molecule has 3 N–H and O–H groups in total. The predicted molar refractivity (Wildman–Crippen MR) is 70.2 cm³/mol. The van der Waals surface area contributed by atoms with Gasteiger partial charge in [0.15, 0.2) is 0 Å². The third-order valence-corrected chi connectivity index (χ3v) is 3.30. The molecule has 0 radical (unpaired) electrons. The van der Waals surface area contributed by atoms with Gasteiger partial charge in [-0.1, -0.05) is 6.07 Å². The second-order valence-corrected chi connectivity index (χ2v) is 5.13. The molecule has 6 nitrogen and oxygen atoms in total. The predicted octanol–water partition coefficient (Wildman–Crippen LogP) is 1.19. The number of hydrogen-bond donors (Lipinski definition) is 3. The van der Waals surface area contributed by atoms with Gasteiger partial charge in [0, 0.05) is 12.6 Å². The number of nitro groups is 1. The van der Waals surface area contributed by atoms with Crippen molar-refractivity contribution in [3.8, 4) is 0 Å². The highest BCUT2D eigenvalue weighted by Gasteiger charge is 2.21. The van der Waals surface area contributed by atoms with Gasteiger partial charge in [-0.3, -0.25) is 10.1 Å². The van der Waals surface area contributed by atoms with E-state index in [2.05, 4.69) is 21.2 Å². The van der Waals surface area contributed by atoms with Crippen LogP contribution in [0.15, 0.2) is 22.7 Å². The van der Waals surface area contributed by atoms with E-state index in [4.69, 9.17) is 10.2 Å². The van der Waals surface area contributed by atoms with E-state index in [0.29, 0.717) is 16.6 Å². The number of nitrogens with zero attached hydrogens (tertiary/aromatic N) is 1. The lowest BCUT2D eigenvalue weighted by Crippen LogP contribution is -2.48. The van der Waals surface area contributed by atoms with Crippen molar-refractivity contribution >= 4 is 21.6 Å². The Labute approximate surface area is 113 Å². The molecule has 0 aliphatic carbocycles. The van der Waals surface area contributed by atoms with Crippen LogP contribution in [-0.4, -0.2) is 33.9 Å². The molecule has 100 valence electrons. The van der Waals surface area contributed by atoms with E-state index >= 15 is 0 Å². The summed E-state index contributed by atoms with van der Waals surface area (Å²) in [4.78, 5) is 10.3.